The van der Waals surface area contributed by atoms with E-state index in [9.17, 15) is 13.2 Å². The predicted octanol–water partition coefficient (Wildman–Crippen LogP) is 5.46. The number of hydrogen-bond donors (Lipinski definition) is 0. The van der Waals surface area contributed by atoms with E-state index in [1.807, 2.05) is 32.0 Å². The van der Waals surface area contributed by atoms with Crippen LogP contribution in [0.5, 0.6) is 11.5 Å². The second-order valence-corrected chi connectivity index (χ2v) is 6.93. The fourth-order valence-electron chi connectivity index (χ4n) is 2.29. The summed E-state index contributed by atoms with van der Waals surface area (Å²) in [5.41, 5.74) is 2.90. The van der Waals surface area contributed by atoms with Gasteiger partial charge in [0, 0.05) is 5.75 Å². The number of aromatic nitrogens is 2. The zero-order valence-electron chi connectivity index (χ0n) is 15.1. The molecule has 28 heavy (non-hydrogen) atoms. The smallest absolute Gasteiger partial charge is 0.484 e. The van der Waals surface area contributed by atoms with E-state index in [2.05, 4.69) is 14.9 Å². The largest absolute Gasteiger partial charge is 0.573 e. The summed E-state index contributed by atoms with van der Waals surface area (Å²) in [7, 11) is 0. The van der Waals surface area contributed by atoms with Crippen LogP contribution in [0.15, 0.2) is 52.1 Å². The molecule has 0 saturated heterocycles. The molecule has 1 heterocycles. The average Bonchev–Trinajstić information content (AvgIpc) is 3.08. The molecule has 0 atom stereocenters. The normalized spacial score (nSPS) is 11.5. The Labute approximate surface area is 163 Å². The Morgan fingerprint density at radius 3 is 2.50 bits per heavy atom. The summed E-state index contributed by atoms with van der Waals surface area (Å²) in [6.07, 6.45) is -4.70. The van der Waals surface area contributed by atoms with Crippen molar-refractivity contribution in [3.8, 4) is 11.5 Å². The minimum absolute atomic E-state index is 0.154. The highest BCUT2D eigenvalue weighted by molar-refractivity contribution is 7.98. The molecule has 0 spiro atoms. The van der Waals surface area contributed by atoms with Crippen LogP contribution in [0.2, 0.25) is 0 Å². The van der Waals surface area contributed by atoms with Crippen molar-refractivity contribution >= 4 is 11.8 Å². The van der Waals surface area contributed by atoms with Gasteiger partial charge in [-0.05, 0) is 48.7 Å². The topological polar surface area (TPSA) is 57.4 Å². The summed E-state index contributed by atoms with van der Waals surface area (Å²) in [5, 5.41) is 8.24. The predicted molar refractivity (Wildman–Crippen MR) is 97.2 cm³/mol. The van der Waals surface area contributed by atoms with Gasteiger partial charge in [-0.2, -0.15) is 0 Å². The van der Waals surface area contributed by atoms with Crippen LogP contribution in [0.3, 0.4) is 0 Å². The number of alkyl halides is 3. The van der Waals surface area contributed by atoms with Crippen molar-refractivity contribution in [3.63, 3.8) is 0 Å². The fourth-order valence-corrected chi connectivity index (χ4v) is 3.03. The van der Waals surface area contributed by atoms with E-state index in [1.165, 1.54) is 23.9 Å². The third kappa shape index (κ3) is 5.91. The van der Waals surface area contributed by atoms with Crippen molar-refractivity contribution in [2.45, 2.75) is 37.8 Å². The second-order valence-electron chi connectivity index (χ2n) is 6.00. The highest BCUT2D eigenvalue weighted by Gasteiger charge is 2.30. The maximum absolute atomic E-state index is 12.2. The number of rotatable bonds is 7. The lowest BCUT2D eigenvalue weighted by Gasteiger charge is -2.08. The van der Waals surface area contributed by atoms with Crippen molar-refractivity contribution < 1.29 is 27.1 Å². The third-order valence-electron chi connectivity index (χ3n) is 3.66. The molecule has 0 bridgehead atoms. The van der Waals surface area contributed by atoms with Crippen LogP contribution in [-0.4, -0.2) is 16.6 Å². The summed E-state index contributed by atoms with van der Waals surface area (Å²) in [4.78, 5) is 0. The van der Waals surface area contributed by atoms with E-state index < -0.39 is 6.36 Å². The Morgan fingerprint density at radius 2 is 1.79 bits per heavy atom. The van der Waals surface area contributed by atoms with Crippen LogP contribution in [0.4, 0.5) is 13.2 Å². The van der Waals surface area contributed by atoms with E-state index in [-0.39, 0.29) is 12.4 Å². The van der Waals surface area contributed by atoms with Crippen molar-refractivity contribution in [2.24, 2.45) is 0 Å². The van der Waals surface area contributed by atoms with Gasteiger partial charge in [-0.1, -0.05) is 36.0 Å². The summed E-state index contributed by atoms with van der Waals surface area (Å²) in [6, 6.07) is 11.6. The van der Waals surface area contributed by atoms with Crippen LogP contribution in [0.25, 0.3) is 0 Å². The first-order valence-electron chi connectivity index (χ1n) is 8.28. The summed E-state index contributed by atoms with van der Waals surface area (Å²) in [5.74, 6) is 1.31. The van der Waals surface area contributed by atoms with Crippen molar-refractivity contribution in [1.82, 2.24) is 10.2 Å². The van der Waals surface area contributed by atoms with Crippen molar-refractivity contribution in [1.29, 1.82) is 0 Å². The van der Waals surface area contributed by atoms with E-state index in [4.69, 9.17) is 9.15 Å². The summed E-state index contributed by atoms with van der Waals surface area (Å²) < 4.78 is 51.6. The zero-order valence-corrected chi connectivity index (χ0v) is 15.9. The van der Waals surface area contributed by atoms with Gasteiger partial charge in [-0.25, -0.2) is 0 Å². The molecule has 2 aromatic carbocycles. The molecule has 0 aliphatic rings. The maximum atomic E-state index is 12.2. The fraction of sp³-hybridized carbons (Fsp3) is 0.263. The van der Waals surface area contributed by atoms with Crippen LogP contribution in [0.1, 0.15) is 22.6 Å². The second kappa shape index (κ2) is 8.55. The minimum Gasteiger partial charge on any atom is -0.484 e. The van der Waals surface area contributed by atoms with E-state index in [0.717, 1.165) is 22.4 Å². The number of thioether (sulfide) groups is 1. The first-order chi connectivity index (χ1) is 13.3. The standard InChI is InChI=1S/C19H17F3N2O3S/c1-12-3-4-13(2)16(9-12)25-10-17-23-24-18(26-17)28-11-14-5-7-15(8-6-14)27-19(20,21)22/h3-9H,10-11H2,1-2H3. The van der Waals surface area contributed by atoms with E-state index >= 15 is 0 Å². The first kappa shape index (κ1) is 20.1. The molecule has 0 saturated carbocycles. The molecule has 0 fully saturated rings. The molecule has 0 radical (unpaired) electrons. The van der Waals surface area contributed by atoms with Crippen molar-refractivity contribution in [3.05, 3.63) is 65.0 Å². The van der Waals surface area contributed by atoms with Crippen LogP contribution in [-0.2, 0) is 12.4 Å². The lowest BCUT2D eigenvalue weighted by Crippen LogP contribution is -2.16. The van der Waals surface area contributed by atoms with Crippen LogP contribution < -0.4 is 9.47 Å². The molecular formula is C19H17F3N2O3S. The van der Waals surface area contributed by atoms with Gasteiger partial charge in [0.2, 0.25) is 0 Å². The molecular weight excluding hydrogens is 393 g/mol. The van der Waals surface area contributed by atoms with Gasteiger partial charge in [0.1, 0.15) is 11.5 Å². The third-order valence-corrected chi connectivity index (χ3v) is 4.55. The number of nitrogens with zero attached hydrogens (tertiary/aromatic N) is 2. The van der Waals surface area contributed by atoms with E-state index in [0.29, 0.717) is 16.9 Å². The highest BCUT2D eigenvalue weighted by Crippen LogP contribution is 2.26. The van der Waals surface area contributed by atoms with Gasteiger partial charge in [0.15, 0.2) is 6.61 Å². The first-order valence-corrected chi connectivity index (χ1v) is 9.27. The van der Waals surface area contributed by atoms with Gasteiger partial charge in [-0.15, -0.1) is 23.4 Å². The number of ether oxygens (including phenoxy) is 2. The van der Waals surface area contributed by atoms with E-state index in [1.54, 1.807) is 12.1 Å². The zero-order chi connectivity index (χ0) is 20.1. The monoisotopic (exact) mass is 410 g/mol. The molecule has 5 nitrogen and oxygen atoms in total. The molecule has 0 amide bonds. The summed E-state index contributed by atoms with van der Waals surface area (Å²) >= 11 is 1.28. The Balaban J connectivity index is 1.51. The van der Waals surface area contributed by atoms with Gasteiger partial charge >= 0.3 is 6.36 Å². The SMILES string of the molecule is Cc1ccc(C)c(OCc2nnc(SCc3ccc(OC(F)(F)F)cc3)o2)c1. The highest BCUT2D eigenvalue weighted by atomic mass is 32.2. The van der Waals surface area contributed by atoms with Gasteiger partial charge in [-0.3, -0.25) is 0 Å². The van der Waals surface area contributed by atoms with Gasteiger partial charge < -0.3 is 13.9 Å². The molecule has 3 rings (SSSR count). The van der Waals surface area contributed by atoms with Crippen LogP contribution >= 0.6 is 11.8 Å². The molecule has 0 N–H and O–H groups in total. The molecule has 0 aliphatic heterocycles. The number of benzene rings is 2. The van der Waals surface area contributed by atoms with Crippen LogP contribution in [0, 0.1) is 13.8 Å². The lowest BCUT2D eigenvalue weighted by atomic mass is 10.1. The Bertz CT molecular complexity index is 927. The molecule has 0 unspecified atom stereocenters. The maximum Gasteiger partial charge on any atom is 0.573 e. The summed E-state index contributed by atoms with van der Waals surface area (Å²) in [6.45, 7) is 4.09. The Kier molecular flexibility index (Phi) is 6.13. The number of hydrogen-bond acceptors (Lipinski definition) is 6. The number of halogens is 3. The molecule has 3 aromatic rings. The Morgan fingerprint density at radius 1 is 1.04 bits per heavy atom. The molecule has 148 valence electrons. The number of aryl methyl sites for hydroxylation is 2. The molecule has 9 heteroatoms. The lowest BCUT2D eigenvalue weighted by molar-refractivity contribution is -0.274. The van der Waals surface area contributed by atoms with Gasteiger partial charge in [0.05, 0.1) is 0 Å². The van der Waals surface area contributed by atoms with Gasteiger partial charge in [0.25, 0.3) is 11.1 Å². The quantitative estimate of drug-likeness (QED) is 0.483. The average molecular weight is 410 g/mol. The molecule has 1 aromatic heterocycles. The minimum atomic E-state index is -4.70. The van der Waals surface area contributed by atoms with Crippen molar-refractivity contribution in [2.75, 3.05) is 0 Å². The Hall–Kier alpha value is -2.68. The molecule has 0 aliphatic carbocycles.